The number of rotatable bonds is 5. The van der Waals surface area contributed by atoms with Crippen LogP contribution in [0.3, 0.4) is 0 Å². The summed E-state index contributed by atoms with van der Waals surface area (Å²) in [5, 5.41) is 12.0. The van der Waals surface area contributed by atoms with E-state index in [1.165, 1.54) is 12.8 Å². The van der Waals surface area contributed by atoms with Gasteiger partial charge in [0.25, 0.3) is 0 Å². The highest BCUT2D eigenvalue weighted by molar-refractivity contribution is 5.80. The molecule has 4 heterocycles. The van der Waals surface area contributed by atoms with Crippen molar-refractivity contribution in [3.63, 3.8) is 0 Å². The van der Waals surface area contributed by atoms with Crippen molar-refractivity contribution >= 4 is 17.5 Å². The van der Waals surface area contributed by atoms with Crippen molar-refractivity contribution in [2.24, 2.45) is 4.99 Å². The predicted octanol–water partition coefficient (Wildman–Crippen LogP) is 0.867. The van der Waals surface area contributed by atoms with Crippen LogP contribution in [0.2, 0.25) is 0 Å². The zero-order chi connectivity index (χ0) is 21.5. The van der Waals surface area contributed by atoms with Gasteiger partial charge in [-0.05, 0) is 25.0 Å². The van der Waals surface area contributed by atoms with Crippen molar-refractivity contribution in [1.82, 2.24) is 34.6 Å². The summed E-state index contributed by atoms with van der Waals surface area (Å²) in [6.07, 6.45) is 7.56. The largest absolute Gasteiger partial charge is 0.356 e. The van der Waals surface area contributed by atoms with E-state index in [4.69, 9.17) is 0 Å². The predicted molar refractivity (Wildman–Crippen MR) is 121 cm³/mol. The molecule has 0 atom stereocenters. The quantitative estimate of drug-likeness (QED) is 0.564. The second kappa shape index (κ2) is 10.6. The highest BCUT2D eigenvalue weighted by atomic mass is 16.2. The Balaban J connectivity index is 1.21. The molecule has 0 bridgehead atoms. The maximum absolute atomic E-state index is 12.7. The molecule has 4 rings (SSSR count). The number of aromatic nitrogens is 3. The molecule has 9 nitrogen and oxygen atoms in total. The van der Waals surface area contributed by atoms with Crippen LogP contribution in [0.1, 0.15) is 31.5 Å². The van der Waals surface area contributed by atoms with Gasteiger partial charge >= 0.3 is 0 Å². The summed E-state index contributed by atoms with van der Waals surface area (Å²) >= 11 is 0. The van der Waals surface area contributed by atoms with E-state index >= 15 is 0 Å². The average molecular weight is 427 g/mol. The van der Waals surface area contributed by atoms with Gasteiger partial charge in [-0.3, -0.25) is 19.1 Å². The molecule has 1 N–H and O–H groups in total. The fourth-order valence-electron chi connectivity index (χ4n) is 4.41. The van der Waals surface area contributed by atoms with E-state index in [0.717, 1.165) is 82.5 Å². The maximum Gasteiger partial charge on any atom is 0.236 e. The monoisotopic (exact) mass is 426 g/mol. The molecule has 2 aliphatic heterocycles. The van der Waals surface area contributed by atoms with Crippen LogP contribution < -0.4 is 5.32 Å². The number of aliphatic imine (C=N–C) groups is 1. The summed E-state index contributed by atoms with van der Waals surface area (Å²) in [5.41, 5.74) is 0.868. The molecule has 0 aromatic carbocycles. The van der Waals surface area contributed by atoms with Crippen LogP contribution in [-0.4, -0.2) is 101 Å². The van der Waals surface area contributed by atoms with Gasteiger partial charge in [0.1, 0.15) is 5.82 Å². The van der Waals surface area contributed by atoms with Gasteiger partial charge < -0.3 is 15.1 Å². The van der Waals surface area contributed by atoms with E-state index in [2.05, 4.69) is 35.2 Å². The minimum Gasteiger partial charge on any atom is -0.356 e. The Morgan fingerprint density at radius 3 is 2.52 bits per heavy atom. The molecule has 168 valence electrons. The van der Waals surface area contributed by atoms with Crippen LogP contribution in [-0.2, 0) is 11.2 Å². The summed E-state index contributed by atoms with van der Waals surface area (Å²) in [5.74, 6) is 2.14. The lowest BCUT2D eigenvalue weighted by atomic mass is 10.2. The van der Waals surface area contributed by atoms with Gasteiger partial charge in [0.2, 0.25) is 5.91 Å². The third kappa shape index (κ3) is 5.52. The van der Waals surface area contributed by atoms with Gasteiger partial charge in [-0.1, -0.05) is 18.9 Å². The molecule has 1 amide bonds. The number of piperazine rings is 1. The molecule has 0 saturated carbocycles. The van der Waals surface area contributed by atoms with Crippen molar-refractivity contribution < 1.29 is 4.79 Å². The summed E-state index contributed by atoms with van der Waals surface area (Å²) in [4.78, 5) is 23.7. The number of hydrogen-bond acceptors (Lipinski definition) is 5. The molecule has 0 unspecified atom stereocenters. The molecule has 2 aromatic rings. The van der Waals surface area contributed by atoms with E-state index in [-0.39, 0.29) is 0 Å². The molecule has 9 heteroatoms. The number of nitrogens with one attached hydrogen (secondary N) is 1. The molecule has 2 aliphatic rings. The molecule has 31 heavy (non-hydrogen) atoms. The van der Waals surface area contributed by atoms with Crippen molar-refractivity contribution in [1.29, 1.82) is 0 Å². The first-order valence-corrected chi connectivity index (χ1v) is 11.5. The SMILES string of the molecule is CN=C(NCCc1nnc2ccccn12)N1CCN(CC(=O)N2CCCCCC2)CC1. The van der Waals surface area contributed by atoms with Gasteiger partial charge in [-0.25, -0.2) is 0 Å². The minimum atomic E-state index is 0.290. The lowest BCUT2D eigenvalue weighted by Crippen LogP contribution is -2.54. The molecule has 0 radical (unpaired) electrons. The van der Waals surface area contributed by atoms with E-state index in [1.54, 1.807) is 0 Å². The van der Waals surface area contributed by atoms with Crippen LogP contribution in [0.4, 0.5) is 0 Å². The number of guanidine groups is 1. The Morgan fingerprint density at radius 2 is 1.77 bits per heavy atom. The fraction of sp³-hybridized carbons (Fsp3) is 0.636. The van der Waals surface area contributed by atoms with E-state index < -0.39 is 0 Å². The number of likely N-dealkylation sites (tertiary alicyclic amines) is 1. The third-order valence-electron chi connectivity index (χ3n) is 6.22. The molecular weight excluding hydrogens is 392 g/mol. The summed E-state index contributed by atoms with van der Waals surface area (Å²) in [7, 11) is 1.82. The Hall–Kier alpha value is -2.68. The topological polar surface area (TPSA) is 81.4 Å². The van der Waals surface area contributed by atoms with Crippen molar-refractivity contribution in [2.45, 2.75) is 32.1 Å². The zero-order valence-electron chi connectivity index (χ0n) is 18.5. The second-order valence-corrected chi connectivity index (χ2v) is 8.33. The van der Waals surface area contributed by atoms with Crippen LogP contribution in [0.5, 0.6) is 0 Å². The van der Waals surface area contributed by atoms with Gasteiger partial charge in [-0.2, -0.15) is 0 Å². The number of carbonyl (C=O) groups is 1. The number of pyridine rings is 1. The smallest absolute Gasteiger partial charge is 0.236 e. The first-order chi connectivity index (χ1) is 15.2. The Bertz CT molecular complexity index is 879. The fourth-order valence-corrected chi connectivity index (χ4v) is 4.41. The first kappa shape index (κ1) is 21.5. The number of hydrogen-bond donors (Lipinski definition) is 1. The minimum absolute atomic E-state index is 0.290. The molecular formula is C22H34N8O. The Morgan fingerprint density at radius 1 is 1.00 bits per heavy atom. The van der Waals surface area contributed by atoms with E-state index in [1.807, 2.05) is 35.8 Å². The standard InChI is InChI=1S/C22H34N8O/c1-23-22(24-10-9-20-26-25-19-8-4-7-13-30(19)20)29-16-14-27(15-17-29)18-21(31)28-11-5-2-3-6-12-28/h4,7-8,13H,2-3,5-6,9-12,14-18H2,1H3,(H,23,24). The molecule has 2 aromatic heterocycles. The van der Waals surface area contributed by atoms with Crippen molar-refractivity contribution in [3.05, 3.63) is 30.2 Å². The van der Waals surface area contributed by atoms with Gasteiger partial charge in [-0.15, -0.1) is 10.2 Å². The van der Waals surface area contributed by atoms with Crippen molar-refractivity contribution in [3.8, 4) is 0 Å². The number of carbonyl (C=O) groups excluding carboxylic acids is 1. The highest BCUT2D eigenvalue weighted by Crippen LogP contribution is 2.11. The lowest BCUT2D eigenvalue weighted by molar-refractivity contribution is -0.132. The lowest BCUT2D eigenvalue weighted by Gasteiger charge is -2.37. The molecule has 0 aliphatic carbocycles. The zero-order valence-corrected chi connectivity index (χ0v) is 18.5. The number of amides is 1. The Labute approximate surface area is 184 Å². The number of fused-ring (bicyclic) bond motifs is 1. The van der Waals surface area contributed by atoms with Crippen LogP contribution in [0.25, 0.3) is 5.65 Å². The van der Waals surface area contributed by atoms with Crippen LogP contribution >= 0.6 is 0 Å². The molecule has 2 fully saturated rings. The third-order valence-corrected chi connectivity index (χ3v) is 6.22. The van der Waals surface area contributed by atoms with Gasteiger partial charge in [0.15, 0.2) is 11.6 Å². The van der Waals surface area contributed by atoms with Crippen LogP contribution in [0.15, 0.2) is 29.4 Å². The van der Waals surface area contributed by atoms with E-state index in [9.17, 15) is 4.79 Å². The number of nitrogens with zero attached hydrogens (tertiary/aromatic N) is 7. The van der Waals surface area contributed by atoms with Crippen molar-refractivity contribution in [2.75, 3.05) is 59.4 Å². The first-order valence-electron chi connectivity index (χ1n) is 11.5. The molecule has 0 spiro atoms. The second-order valence-electron chi connectivity index (χ2n) is 8.33. The molecule has 2 saturated heterocycles. The summed E-state index contributed by atoms with van der Waals surface area (Å²) in [6.45, 7) is 6.66. The summed E-state index contributed by atoms with van der Waals surface area (Å²) in [6, 6.07) is 5.91. The van der Waals surface area contributed by atoms with Gasteiger partial charge in [0, 0.05) is 65.5 Å². The highest BCUT2D eigenvalue weighted by Gasteiger charge is 2.23. The van der Waals surface area contributed by atoms with Gasteiger partial charge in [0.05, 0.1) is 6.54 Å². The maximum atomic E-state index is 12.7. The summed E-state index contributed by atoms with van der Waals surface area (Å²) < 4.78 is 2.02. The van der Waals surface area contributed by atoms with E-state index in [0.29, 0.717) is 12.5 Å². The average Bonchev–Trinajstić information content (AvgIpc) is 3.01. The Kier molecular flexibility index (Phi) is 7.35. The van der Waals surface area contributed by atoms with Crippen LogP contribution in [0, 0.1) is 0 Å². The normalized spacial score (nSPS) is 18.9.